The Labute approximate surface area is 172 Å². The predicted molar refractivity (Wildman–Crippen MR) is 115 cm³/mol. The zero-order chi connectivity index (χ0) is 20.4. The van der Waals surface area contributed by atoms with Crippen LogP contribution in [0.5, 0.6) is 5.75 Å². The molecule has 0 radical (unpaired) electrons. The lowest BCUT2D eigenvalue weighted by molar-refractivity contribution is -0.133. The molecule has 0 aromatic heterocycles. The molecule has 154 valence electrons. The highest BCUT2D eigenvalue weighted by atomic mass is 16.5. The van der Waals surface area contributed by atoms with Gasteiger partial charge in [0.2, 0.25) is 5.91 Å². The Balaban J connectivity index is 1.34. The van der Waals surface area contributed by atoms with Gasteiger partial charge >= 0.3 is 0 Å². The number of anilines is 1. The molecule has 2 heterocycles. The van der Waals surface area contributed by atoms with Crippen LogP contribution >= 0.6 is 0 Å². The van der Waals surface area contributed by atoms with E-state index in [-0.39, 0.29) is 18.0 Å². The van der Waals surface area contributed by atoms with Crippen LogP contribution in [-0.4, -0.2) is 50.1 Å². The Kier molecular flexibility index (Phi) is 5.74. The second-order valence-corrected chi connectivity index (χ2v) is 8.00. The van der Waals surface area contributed by atoms with Crippen LogP contribution in [0.4, 0.5) is 5.69 Å². The largest absolute Gasteiger partial charge is 0.497 e. The van der Waals surface area contributed by atoms with Crippen molar-refractivity contribution in [1.29, 1.82) is 0 Å². The summed E-state index contributed by atoms with van der Waals surface area (Å²) in [5.74, 6) is 1.05. The summed E-state index contributed by atoms with van der Waals surface area (Å²) >= 11 is 0. The predicted octanol–water partition coefficient (Wildman–Crippen LogP) is 2.57. The summed E-state index contributed by atoms with van der Waals surface area (Å²) in [4.78, 5) is 17.3. The number of nitrogens with one attached hydrogen (secondary N) is 2. The number of hydrogen-bond acceptors (Lipinski definition) is 5. The molecule has 2 atom stereocenters. The number of hydrazine groups is 1. The average molecular weight is 395 g/mol. The van der Waals surface area contributed by atoms with Gasteiger partial charge in [0.15, 0.2) is 0 Å². The van der Waals surface area contributed by atoms with E-state index in [4.69, 9.17) is 4.74 Å². The fourth-order valence-corrected chi connectivity index (χ4v) is 4.35. The second-order valence-electron chi connectivity index (χ2n) is 8.00. The van der Waals surface area contributed by atoms with Crippen molar-refractivity contribution >= 4 is 11.6 Å². The third-order valence-corrected chi connectivity index (χ3v) is 6.01. The Hall–Kier alpha value is -2.57. The minimum atomic E-state index is -0.177. The summed E-state index contributed by atoms with van der Waals surface area (Å²) in [6.45, 7) is 7.38. The van der Waals surface area contributed by atoms with Crippen LogP contribution in [-0.2, 0) is 4.79 Å². The maximum Gasteiger partial charge on any atom is 0.241 e. The van der Waals surface area contributed by atoms with Crippen LogP contribution in [0.25, 0.3) is 0 Å². The fourth-order valence-electron chi connectivity index (χ4n) is 4.35. The number of ether oxygens (including phenoxy) is 1. The number of aryl methyl sites for hydroxylation is 2. The fraction of sp³-hybridized carbons (Fsp3) is 0.435. The highest BCUT2D eigenvalue weighted by Gasteiger charge is 2.34. The first-order valence-electron chi connectivity index (χ1n) is 10.3. The Morgan fingerprint density at radius 3 is 2.55 bits per heavy atom. The third kappa shape index (κ3) is 4.23. The number of amides is 1. The molecule has 2 aromatic carbocycles. The zero-order valence-electron chi connectivity index (χ0n) is 17.4. The topological polar surface area (TPSA) is 56.8 Å². The molecule has 2 aromatic rings. The van der Waals surface area contributed by atoms with Crippen molar-refractivity contribution in [3.05, 3.63) is 59.2 Å². The number of hydrogen-bond donors (Lipinski definition) is 2. The summed E-state index contributed by atoms with van der Waals surface area (Å²) in [7, 11) is 1.68. The maximum atomic E-state index is 13.0. The van der Waals surface area contributed by atoms with Crippen LogP contribution in [0.15, 0.2) is 42.5 Å². The van der Waals surface area contributed by atoms with Gasteiger partial charge in [0, 0.05) is 44.0 Å². The zero-order valence-corrected chi connectivity index (χ0v) is 17.4. The first kappa shape index (κ1) is 19.7. The molecule has 2 N–H and O–H groups in total. The quantitative estimate of drug-likeness (QED) is 0.835. The molecule has 1 amide bonds. The van der Waals surface area contributed by atoms with Crippen LogP contribution in [0.3, 0.4) is 0 Å². The van der Waals surface area contributed by atoms with Crippen molar-refractivity contribution in [3.63, 3.8) is 0 Å². The summed E-state index contributed by atoms with van der Waals surface area (Å²) < 4.78 is 5.33. The van der Waals surface area contributed by atoms with E-state index >= 15 is 0 Å². The Bertz CT molecular complexity index is 877. The molecule has 2 fully saturated rings. The van der Waals surface area contributed by atoms with Gasteiger partial charge in [0.25, 0.3) is 0 Å². The molecule has 0 saturated carbocycles. The minimum absolute atomic E-state index is 0.169. The van der Waals surface area contributed by atoms with Gasteiger partial charge in [0.05, 0.1) is 7.11 Å². The van der Waals surface area contributed by atoms with Gasteiger partial charge in [0.1, 0.15) is 11.8 Å². The highest BCUT2D eigenvalue weighted by molar-refractivity contribution is 5.82. The van der Waals surface area contributed by atoms with Gasteiger partial charge in [-0.05, 0) is 43.5 Å². The van der Waals surface area contributed by atoms with Crippen molar-refractivity contribution in [2.24, 2.45) is 0 Å². The van der Waals surface area contributed by atoms with Crippen LogP contribution in [0.1, 0.15) is 29.2 Å². The smallest absolute Gasteiger partial charge is 0.241 e. The SMILES string of the molecule is COc1cccc(N2CCN(C(=O)C3CC(c4ccc(C)cc4C)NN3)CC2)c1. The lowest BCUT2D eigenvalue weighted by Crippen LogP contribution is -2.53. The molecule has 2 unspecified atom stereocenters. The molecule has 6 nitrogen and oxygen atoms in total. The van der Waals surface area contributed by atoms with Crippen molar-refractivity contribution < 1.29 is 9.53 Å². The number of nitrogens with zero attached hydrogens (tertiary/aromatic N) is 2. The number of piperazine rings is 1. The molecule has 0 spiro atoms. The Morgan fingerprint density at radius 1 is 1.03 bits per heavy atom. The van der Waals surface area contributed by atoms with E-state index in [0.717, 1.165) is 44.0 Å². The lowest BCUT2D eigenvalue weighted by Gasteiger charge is -2.37. The van der Waals surface area contributed by atoms with Gasteiger partial charge in [-0.3, -0.25) is 4.79 Å². The first-order chi connectivity index (χ1) is 14.0. The van der Waals surface area contributed by atoms with Gasteiger partial charge in [-0.2, -0.15) is 0 Å². The number of methoxy groups -OCH3 is 1. The summed E-state index contributed by atoms with van der Waals surface area (Å²) in [5.41, 5.74) is 11.5. The number of rotatable bonds is 4. The standard InChI is InChI=1S/C23H30N4O2/c1-16-7-8-20(17(2)13-16)21-15-22(25-24-21)23(28)27-11-9-26(10-12-27)18-5-4-6-19(14-18)29-3/h4-8,13-14,21-22,24-25H,9-12,15H2,1-3H3. The highest BCUT2D eigenvalue weighted by Crippen LogP contribution is 2.27. The second kappa shape index (κ2) is 8.43. The maximum absolute atomic E-state index is 13.0. The van der Waals surface area contributed by atoms with Gasteiger partial charge in [-0.1, -0.05) is 29.8 Å². The van der Waals surface area contributed by atoms with E-state index in [1.165, 1.54) is 16.7 Å². The van der Waals surface area contributed by atoms with Crippen LogP contribution in [0, 0.1) is 13.8 Å². The average Bonchev–Trinajstić information content (AvgIpc) is 3.23. The van der Waals surface area contributed by atoms with Crippen molar-refractivity contribution in [3.8, 4) is 5.75 Å². The Morgan fingerprint density at radius 2 is 1.83 bits per heavy atom. The van der Waals surface area contributed by atoms with Crippen LogP contribution in [0.2, 0.25) is 0 Å². The van der Waals surface area contributed by atoms with Gasteiger partial charge in [-0.25, -0.2) is 10.9 Å². The molecule has 0 bridgehead atoms. The summed E-state index contributed by atoms with van der Waals surface area (Å²) in [6, 6.07) is 14.6. The molecular weight excluding hydrogens is 364 g/mol. The minimum Gasteiger partial charge on any atom is -0.497 e. The first-order valence-corrected chi connectivity index (χ1v) is 10.3. The molecule has 6 heteroatoms. The monoisotopic (exact) mass is 394 g/mol. The van der Waals surface area contributed by atoms with Crippen LogP contribution < -0.4 is 20.5 Å². The van der Waals surface area contributed by atoms with E-state index in [0.29, 0.717) is 0 Å². The molecule has 4 rings (SSSR count). The molecule has 29 heavy (non-hydrogen) atoms. The number of carbonyl (C=O) groups is 1. The number of carbonyl (C=O) groups excluding carboxylic acids is 1. The summed E-state index contributed by atoms with van der Waals surface area (Å²) in [5, 5.41) is 0. The van der Waals surface area contributed by atoms with E-state index in [1.807, 2.05) is 17.0 Å². The molecule has 0 aliphatic carbocycles. The van der Waals surface area contributed by atoms with E-state index in [9.17, 15) is 4.79 Å². The lowest BCUT2D eigenvalue weighted by atomic mass is 9.96. The molecule has 2 aliphatic rings. The third-order valence-electron chi connectivity index (χ3n) is 6.01. The summed E-state index contributed by atoms with van der Waals surface area (Å²) in [6.07, 6.45) is 0.777. The van der Waals surface area contributed by atoms with Gasteiger partial charge in [-0.15, -0.1) is 0 Å². The van der Waals surface area contributed by atoms with E-state index < -0.39 is 0 Å². The number of benzene rings is 2. The molecule has 2 saturated heterocycles. The molecular formula is C23H30N4O2. The van der Waals surface area contributed by atoms with E-state index in [1.54, 1.807) is 7.11 Å². The van der Waals surface area contributed by atoms with E-state index in [2.05, 4.69) is 59.9 Å². The van der Waals surface area contributed by atoms with Crippen molar-refractivity contribution in [1.82, 2.24) is 15.8 Å². The van der Waals surface area contributed by atoms with Gasteiger partial charge < -0.3 is 14.5 Å². The normalized spacial score (nSPS) is 22.0. The van der Waals surface area contributed by atoms with Crippen molar-refractivity contribution in [2.45, 2.75) is 32.4 Å². The van der Waals surface area contributed by atoms with Crippen molar-refractivity contribution in [2.75, 3.05) is 38.2 Å². The molecule has 2 aliphatic heterocycles.